The fraction of sp³-hybridized carbons (Fsp3) is 0.750. The summed E-state index contributed by atoms with van der Waals surface area (Å²) in [6, 6.07) is 0. The minimum absolute atomic E-state index is 0.137. The molecule has 1 heterocycles. The first-order valence-electron chi connectivity index (χ1n) is 5.73. The third kappa shape index (κ3) is 4.98. The molecule has 0 aliphatic heterocycles. The molecule has 0 fully saturated rings. The number of aliphatic hydroxyl groups is 1. The Morgan fingerprint density at radius 2 is 2.20 bits per heavy atom. The zero-order valence-electron chi connectivity index (χ0n) is 9.98. The van der Waals surface area contributed by atoms with Gasteiger partial charge in [0.1, 0.15) is 0 Å². The van der Waals surface area contributed by atoms with Crippen molar-refractivity contribution in [3.05, 3.63) is 18.0 Å². The topological polar surface area (TPSA) is 38.1 Å². The van der Waals surface area contributed by atoms with Crippen molar-refractivity contribution < 1.29 is 5.11 Å². The maximum atomic E-state index is 9.68. The molecule has 86 valence electrons. The van der Waals surface area contributed by atoms with Gasteiger partial charge < -0.3 is 5.11 Å². The molecule has 1 N–H and O–H groups in total. The summed E-state index contributed by atoms with van der Waals surface area (Å²) in [6.45, 7) is 4.29. The second-order valence-corrected chi connectivity index (χ2v) is 4.70. The molecule has 1 rings (SSSR count). The van der Waals surface area contributed by atoms with Gasteiger partial charge in [0.05, 0.1) is 12.3 Å². The molecule has 1 atom stereocenters. The average molecular weight is 210 g/mol. The Kier molecular flexibility index (Phi) is 4.82. The van der Waals surface area contributed by atoms with Crippen molar-refractivity contribution in [1.82, 2.24) is 9.78 Å². The first-order chi connectivity index (χ1) is 7.08. The normalized spacial score (nSPS) is 13.4. The van der Waals surface area contributed by atoms with Crippen LogP contribution in [0.3, 0.4) is 0 Å². The summed E-state index contributed by atoms with van der Waals surface area (Å²) in [6.07, 6.45) is 7.66. The van der Waals surface area contributed by atoms with E-state index >= 15 is 0 Å². The van der Waals surface area contributed by atoms with Crippen LogP contribution >= 0.6 is 0 Å². The highest BCUT2D eigenvalue weighted by molar-refractivity contribution is 5.03. The molecule has 3 nitrogen and oxygen atoms in total. The van der Waals surface area contributed by atoms with E-state index in [9.17, 15) is 5.11 Å². The van der Waals surface area contributed by atoms with Crippen molar-refractivity contribution in [3.8, 4) is 0 Å². The standard InChI is InChI=1S/C12H22N2O/c1-10(2)7-12(15)6-4-5-11-8-13-14(3)9-11/h8-10,12,15H,4-7H2,1-3H3. The third-order valence-corrected chi connectivity index (χ3v) is 2.50. The van der Waals surface area contributed by atoms with Crippen LogP contribution in [0, 0.1) is 5.92 Å². The van der Waals surface area contributed by atoms with Gasteiger partial charge in [0.2, 0.25) is 0 Å². The molecule has 15 heavy (non-hydrogen) atoms. The van der Waals surface area contributed by atoms with Gasteiger partial charge in [-0.3, -0.25) is 4.68 Å². The van der Waals surface area contributed by atoms with Crippen LogP contribution in [0.25, 0.3) is 0 Å². The molecule has 0 spiro atoms. The molecule has 1 aromatic rings. The van der Waals surface area contributed by atoms with E-state index in [1.165, 1.54) is 5.56 Å². The van der Waals surface area contributed by atoms with Crippen LogP contribution in [0.15, 0.2) is 12.4 Å². The summed E-state index contributed by atoms with van der Waals surface area (Å²) in [5.74, 6) is 0.582. The average Bonchev–Trinajstić information content (AvgIpc) is 2.50. The third-order valence-electron chi connectivity index (χ3n) is 2.50. The van der Waals surface area contributed by atoms with E-state index in [0.717, 1.165) is 25.7 Å². The summed E-state index contributed by atoms with van der Waals surface area (Å²) in [7, 11) is 1.93. The smallest absolute Gasteiger partial charge is 0.0542 e. The molecule has 1 unspecified atom stereocenters. The van der Waals surface area contributed by atoms with Crippen LogP contribution in [0.4, 0.5) is 0 Å². The van der Waals surface area contributed by atoms with Crippen molar-refractivity contribution in [1.29, 1.82) is 0 Å². The van der Waals surface area contributed by atoms with E-state index in [1.807, 2.05) is 24.1 Å². The first-order valence-corrected chi connectivity index (χ1v) is 5.73. The number of hydrogen-bond donors (Lipinski definition) is 1. The van der Waals surface area contributed by atoms with Crippen LogP contribution in [-0.2, 0) is 13.5 Å². The minimum atomic E-state index is -0.137. The van der Waals surface area contributed by atoms with Gasteiger partial charge in [-0.05, 0) is 37.2 Å². The van der Waals surface area contributed by atoms with Crippen molar-refractivity contribution in [2.24, 2.45) is 13.0 Å². The van der Waals surface area contributed by atoms with E-state index < -0.39 is 0 Å². The van der Waals surface area contributed by atoms with E-state index in [1.54, 1.807) is 0 Å². The van der Waals surface area contributed by atoms with Gasteiger partial charge in [0, 0.05) is 13.2 Å². The van der Waals surface area contributed by atoms with Gasteiger partial charge in [0.15, 0.2) is 0 Å². The van der Waals surface area contributed by atoms with Crippen LogP contribution in [-0.4, -0.2) is 21.0 Å². The van der Waals surface area contributed by atoms with E-state index in [2.05, 4.69) is 18.9 Å². The summed E-state index contributed by atoms with van der Waals surface area (Å²) in [5, 5.41) is 13.8. The monoisotopic (exact) mass is 210 g/mol. The molecule has 1 aromatic heterocycles. The summed E-state index contributed by atoms with van der Waals surface area (Å²) in [4.78, 5) is 0. The van der Waals surface area contributed by atoms with Gasteiger partial charge in [0.25, 0.3) is 0 Å². The fourth-order valence-corrected chi connectivity index (χ4v) is 1.80. The highest BCUT2D eigenvalue weighted by Crippen LogP contribution is 2.11. The Bertz CT molecular complexity index is 281. The van der Waals surface area contributed by atoms with Gasteiger partial charge in [-0.15, -0.1) is 0 Å². The summed E-state index contributed by atoms with van der Waals surface area (Å²) >= 11 is 0. The lowest BCUT2D eigenvalue weighted by molar-refractivity contribution is 0.137. The van der Waals surface area contributed by atoms with Crippen molar-refractivity contribution in [2.75, 3.05) is 0 Å². The zero-order chi connectivity index (χ0) is 11.3. The second kappa shape index (κ2) is 5.91. The zero-order valence-corrected chi connectivity index (χ0v) is 9.98. The second-order valence-electron chi connectivity index (χ2n) is 4.70. The maximum Gasteiger partial charge on any atom is 0.0542 e. The van der Waals surface area contributed by atoms with E-state index in [-0.39, 0.29) is 6.10 Å². The van der Waals surface area contributed by atoms with E-state index in [0.29, 0.717) is 5.92 Å². The van der Waals surface area contributed by atoms with Crippen molar-refractivity contribution in [2.45, 2.75) is 45.6 Å². The molecule has 0 saturated heterocycles. The largest absolute Gasteiger partial charge is 0.393 e. The van der Waals surface area contributed by atoms with Gasteiger partial charge >= 0.3 is 0 Å². The van der Waals surface area contributed by atoms with Gasteiger partial charge in [-0.1, -0.05) is 13.8 Å². The molecule has 0 aliphatic rings. The van der Waals surface area contributed by atoms with Crippen LogP contribution < -0.4 is 0 Å². The van der Waals surface area contributed by atoms with Crippen LogP contribution in [0.5, 0.6) is 0 Å². The van der Waals surface area contributed by atoms with Crippen molar-refractivity contribution >= 4 is 0 Å². The van der Waals surface area contributed by atoms with Gasteiger partial charge in [-0.25, -0.2) is 0 Å². The molecule has 0 aliphatic carbocycles. The predicted octanol–water partition coefficient (Wildman–Crippen LogP) is 2.15. The first kappa shape index (κ1) is 12.2. The number of aliphatic hydroxyl groups excluding tert-OH is 1. The molecule has 0 saturated carbocycles. The number of aryl methyl sites for hydroxylation is 2. The van der Waals surface area contributed by atoms with Gasteiger partial charge in [-0.2, -0.15) is 5.10 Å². The van der Waals surface area contributed by atoms with Crippen LogP contribution in [0.2, 0.25) is 0 Å². The lowest BCUT2D eigenvalue weighted by Gasteiger charge is -2.12. The Hall–Kier alpha value is -0.830. The quantitative estimate of drug-likeness (QED) is 0.781. The highest BCUT2D eigenvalue weighted by Gasteiger charge is 2.06. The molecule has 0 amide bonds. The lowest BCUT2D eigenvalue weighted by Crippen LogP contribution is -2.10. The Balaban J connectivity index is 2.16. The predicted molar refractivity (Wildman–Crippen MR) is 61.6 cm³/mol. The van der Waals surface area contributed by atoms with Crippen molar-refractivity contribution in [3.63, 3.8) is 0 Å². The Morgan fingerprint density at radius 3 is 2.73 bits per heavy atom. The Morgan fingerprint density at radius 1 is 1.47 bits per heavy atom. The number of hydrogen-bond acceptors (Lipinski definition) is 2. The SMILES string of the molecule is CC(C)CC(O)CCCc1cnn(C)c1. The molecule has 0 aromatic carbocycles. The number of nitrogens with zero attached hydrogens (tertiary/aromatic N) is 2. The highest BCUT2D eigenvalue weighted by atomic mass is 16.3. The fourth-order valence-electron chi connectivity index (χ4n) is 1.80. The molecular weight excluding hydrogens is 188 g/mol. The molecule has 3 heteroatoms. The lowest BCUT2D eigenvalue weighted by atomic mass is 10.0. The molecule has 0 bridgehead atoms. The molecule has 0 radical (unpaired) electrons. The minimum Gasteiger partial charge on any atom is -0.393 e. The van der Waals surface area contributed by atoms with Crippen LogP contribution in [0.1, 0.15) is 38.7 Å². The number of rotatable bonds is 6. The Labute approximate surface area is 92.1 Å². The van der Waals surface area contributed by atoms with E-state index in [4.69, 9.17) is 0 Å². The molecular formula is C12H22N2O. The summed E-state index contributed by atoms with van der Waals surface area (Å²) in [5.41, 5.74) is 1.26. The number of aromatic nitrogens is 2. The summed E-state index contributed by atoms with van der Waals surface area (Å²) < 4.78 is 1.82. The maximum absolute atomic E-state index is 9.68.